The quantitative estimate of drug-likeness (QED) is 0.548. The molecule has 0 unspecified atom stereocenters. The van der Waals surface area contributed by atoms with Gasteiger partial charge >= 0.3 is 0 Å². The number of nitrogens with zero attached hydrogens (tertiary/aromatic N) is 3. The third-order valence-electron chi connectivity index (χ3n) is 3.99. The zero-order valence-corrected chi connectivity index (χ0v) is 15.3. The molecule has 3 aromatic heterocycles. The third kappa shape index (κ3) is 3.54. The Hall–Kier alpha value is -1.92. The Morgan fingerprint density at radius 1 is 1.26 bits per heavy atom. The number of aromatic amines is 1. The lowest BCUT2D eigenvalue weighted by atomic mass is 10.0. The molecular weight excluding hydrogens is 304 g/mol. The summed E-state index contributed by atoms with van der Waals surface area (Å²) in [7, 11) is -1.05. The summed E-state index contributed by atoms with van der Waals surface area (Å²) in [6.45, 7) is 10.5. The van der Waals surface area contributed by atoms with E-state index in [1.807, 2.05) is 18.6 Å². The monoisotopic (exact) mass is 328 g/mol. The van der Waals surface area contributed by atoms with Crippen molar-refractivity contribution < 1.29 is 4.74 Å². The van der Waals surface area contributed by atoms with Crippen molar-refractivity contribution in [3.05, 3.63) is 36.4 Å². The number of pyridine rings is 1. The van der Waals surface area contributed by atoms with Crippen LogP contribution in [0.5, 0.6) is 0 Å². The molecule has 0 amide bonds. The molecule has 0 saturated carbocycles. The van der Waals surface area contributed by atoms with Gasteiger partial charge in [0, 0.05) is 49.8 Å². The minimum atomic E-state index is -1.05. The number of nitrogens with one attached hydrogen (secondary N) is 1. The van der Waals surface area contributed by atoms with Crippen LogP contribution in [0.15, 0.2) is 30.9 Å². The van der Waals surface area contributed by atoms with Crippen molar-refractivity contribution in [2.45, 2.75) is 39.3 Å². The minimum Gasteiger partial charge on any atom is -0.361 e. The van der Waals surface area contributed by atoms with Gasteiger partial charge in [0.2, 0.25) is 0 Å². The van der Waals surface area contributed by atoms with Crippen LogP contribution in [-0.2, 0) is 11.5 Å². The largest absolute Gasteiger partial charge is 0.361 e. The van der Waals surface area contributed by atoms with Crippen LogP contribution in [0.2, 0.25) is 25.7 Å². The fraction of sp³-hybridized carbons (Fsp3) is 0.412. The molecule has 3 aromatic rings. The molecule has 122 valence electrons. The highest BCUT2D eigenvalue weighted by atomic mass is 28.3. The highest BCUT2D eigenvalue weighted by Gasteiger charge is 2.14. The molecule has 0 aromatic carbocycles. The van der Waals surface area contributed by atoms with E-state index in [9.17, 15) is 0 Å². The van der Waals surface area contributed by atoms with E-state index in [4.69, 9.17) is 4.74 Å². The molecule has 5 nitrogen and oxygen atoms in total. The fourth-order valence-electron chi connectivity index (χ4n) is 2.65. The van der Waals surface area contributed by atoms with Gasteiger partial charge in [-0.15, -0.1) is 0 Å². The Kier molecular flexibility index (Phi) is 4.36. The summed E-state index contributed by atoms with van der Waals surface area (Å²) >= 11 is 0. The van der Waals surface area contributed by atoms with Crippen LogP contribution in [0.4, 0.5) is 0 Å². The van der Waals surface area contributed by atoms with E-state index in [0.717, 1.165) is 28.8 Å². The van der Waals surface area contributed by atoms with Crippen molar-refractivity contribution in [3.8, 4) is 11.1 Å². The Bertz CT molecular complexity index is 787. The lowest BCUT2D eigenvalue weighted by Gasteiger charge is -2.15. The SMILES string of the molecule is Cc1cnc2c(ccn2COCC[Si](C)(C)C)c1-c1cn[nH]c1. The van der Waals surface area contributed by atoms with Gasteiger partial charge in [0.05, 0.1) is 6.20 Å². The van der Waals surface area contributed by atoms with Gasteiger partial charge < -0.3 is 9.30 Å². The molecule has 0 radical (unpaired) electrons. The van der Waals surface area contributed by atoms with Crippen LogP contribution in [-0.4, -0.2) is 34.4 Å². The maximum absolute atomic E-state index is 5.86. The fourth-order valence-corrected chi connectivity index (χ4v) is 3.41. The highest BCUT2D eigenvalue weighted by molar-refractivity contribution is 6.76. The molecule has 3 heterocycles. The van der Waals surface area contributed by atoms with Crippen LogP contribution in [0.1, 0.15) is 5.56 Å². The Morgan fingerprint density at radius 2 is 2.09 bits per heavy atom. The number of ether oxygens (including phenoxy) is 1. The first-order chi connectivity index (χ1) is 11.0. The number of H-pyrrole nitrogens is 1. The summed E-state index contributed by atoms with van der Waals surface area (Å²) < 4.78 is 7.93. The number of hydrogen-bond acceptors (Lipinski definition) is 3. The average molecular weight is 328 g/mol. The van der Waals surface area contributed by atoms with Crippen molar-refractivity contribution in [2.75, 3.05) is 6.61 Å². The molecule has 3 rings (SSSR count). The second-order valence-electron chi connectivity index (χ2n) is 7.17. The summed E-state index contributed by atoms with van der Waals surface area (Å²) in [5.74, 6) is 0. The van der Waals surface area contributed by atoms with Gasteiger partial charge in [0.25, 0.3) is 0 Å². The standard InChI is InChI=1S/C17H24N4OSi/c1-13-9-18-17-15(16(13)14-10-19-20-11-14)5-6-21(17)12-22-7-8-23(2,3)4/h5-6,9-11H,7-8,12H2,1-4H3,(H,19,20). The minimum absolute atomic E-state index is 0.550. The first-order valence-corrected chi connectivity index (χ1v) is 11.7. The van der Waals surface area contributed by atoms with Gasteiger partial charge in [-0.25, -0.2) is 4.98 Å². The highest BCUT2D eigenvalue weighted by Crippen LogP contribution is 2.30. The van der Waals surface area contributed by atoms with Gasteiger partial charge in [-0.05, 0) is 24.6 Å². The zero-order valence-electron chi connectivity index (χ0n) is 14.3. The summed E-state index contributed by atoms with van der Waals surface area (Å²) in [6, 6.07) is 3.29. The summed E-state index contributed by atoms with van der Waals surface area (Å²) in [6.07, 6.45) is 7.74. The van der Waals surface area contributed by atoms with Crippen molar-refractivity contribution >= 4 is 19.1 Å². The van der Waals surface area contributed by atoms with Crippen molar-refractivity contribution in [3.63, 3.8) is 0 Å². The molecule has 0 spiro atoms. The molecule has 0 bridgehead atoms. The molecule has 0 fully saturated rings. The van der Waals surface area contributed by atoms with E-state index < -0.39 is 8.07 Å². The Balaban J connectivity index is 1.83. The van der Waals surface area contributed by atoms with Gasteiger partial charge in [-0.1, -0.05) is 19.6 Å². The van der Waals surface area contributed by atoms with Crippen molar-refractivity contribution in [1.82, 2.24) is 19.7 Å². The zero-order chi connectivity index (χ0) is 16.4. The number of hydrogen-bond donors (Lipinski definition) is 1. The molecule has 0 aliphatic carbocycles. The van der Waals surface area contributed by atoms with Gasteiger partial charge in [-0.3, -0.25) is 5.10 Å². The van der Waals surface area contributed by atoms with Gasteiger partial charge in [-0.2, -0.15) is 5.10 Å². The van der Waals surface area contributed by atoms with Crippen LogP contribution in [0.3, 0.4) is 0 Å². The summed E-state index contributed by atoms with van der Waals surface area (Å²) in [4.78, 5) is 4.60. The number of aromatic nitrogens is 4. The smallest absolute Gasteiger partial charge is 0.142 e. The van der Waals surface area contributed by atoms with Gasteiger partial charge in [0.15, 0.2) is 0 Å². The molecule has 0 atom stereocenters. The van der Waals surface area contributed by atoms with E-state index in [-0.39, 0.29) is 0 Å². The molecule has 0 aliphatic rings. The second-order valence-corrected chi connectivity index (χ2v) is 12.8. The number of rotatable bonds is 6. The predicted octanol–water partition coefficient (Wildman–Crippen LogP) is 4.05. The van der Waals surface area contributed by atoms with E-state index in [1.54, 1.807) is 0 Å². The van der Waals surface area contributed by atoms with Crippen LogP contribution < -0.4 is 0 Å². The number of fused-ring (bicyclic) bond motifs is 1. The maximum Gasteiger partial charge on any atom is 0.142 e. The lowest BCUT2D eigenvalue weighted by Crippen LogP contribution is -2.22. The lowest BCUT2D eigenvalue weighted by molar-refractivity contribution is 0.0899. The molecule has 23 heavy (non-hydrogen) atoms. The Morgan fingerprint density at radius 3 is 2.78 bits per heavy atom. The topological polar surface area (TPSA) is 55.7 Å². The van der Waals surface area contributed by atoms with Gasteiger partial charge in [0.1, 0.15) is 12.4 Å². The van der Waals surface area contributed by atoms with E-state index in [1.165, 1.54) is 11.6 Å². The second kappa shape index (κ2) is 6.29. The normalized spacial score (nSPS) is 12.2. The first kappa shape index (κ1) is 16.0. The molecule has 1 N–H and O–H groups in total. The molecular formula is C17H24N4OSi. The van der Waals surface area contributed by atoms with E-state index >= 15 is 0 Å². The first-order valence-electron chi connectivity index (χ1n) is 7.97. The van der Waals surface area contributed by atoms with Crippen molar-refractivity contribution in [1.29, 1.82) is 0 Å². The van der Waals surface area contributed by atoms with E-state index in [0.29, 0.717) is 6.73 Å². The summed E-state index contributed by atoms with van der Waals surface area (Å²) in [5.41, 5.74) is 4.38. The number of aryl methyl sites for hydroxylation is 1. The Labute approximate surface area is 137 Å². The summed E-state index contributed by atoms with van der Waals surface area (Å²) in [5, 5.41) is 8.09. The van der Waals surface area contributed by atoms with E-state index in [2.05, 4.69) is 58.6 Å². The van der Waals surface area contributed by atoms with Crippen LogP contribution >= 0.6 is 0 Å². The third-order valence-corrected chi connectivity index (χ3v) is 5.70. The molecule has 0 aliphatic heterocycles. The van der Waals surface area contributed by atoms with Crippen LogP contribution in [0, 0.1) is 6.92 Å². The average Bonchev–Trinajstić information content (AvgIpc) is 3.12. The predicted molar refractivity (Wildman–Crippen MR) is 96.2 cm³/mol. The molecule has 6 heteroatoms. The van der Waals surface area contributed by atoms with Crippen molar-refractivity contribution in [2.24, 2.45) is 0 Å². The molecule has 0 saturated heterocycles. The van der Waals surface area contributed by atoms with Crippen LogP contribution in [0.25, 0.3) is 22.2 Å². The maximum atomic E-state index is 5.86.